The first kappa shape index (κ1) is 23.7. The van der Waals surface area contributed by atoms with Crippen LogP contribution in [-0.4, -0.2) is 50.5 Å². The molecule has 1 fully saturated rings. The van der Waals surface area contributed by atoms with Crippen LogP contribution < -0.4 is 10.7 Å². The number of aryl methyl sites for hydroxylation is 1. The summed E-state index contributed by atoms with van der Waals surface area (Å²) in [7, 11) is 0. The van der Waals surface area contributed by atoms with Crippen molar-refractivity contribution in [3.63, 3.8) is 0 Å². The van der Waals surface area contributed by atoms with E-state index >= 15 is 0 Å². The maximum atomic E-state index is 13.1. The second-order valence-corrected chi connectivity index (χ2v) is 8.20. The highest BCUT2D eigenvalue weighted by atomic mass is 19.1. The number of rotatable bonds is 5. The molecule has 2 aromatic carbocycles. The van der Waals surface area contributed by atoms with Gasteiger partial charge in [-0.1, -0.05) is 12.1 Å². The first-order chi connectivity index (χ1) is 16.7. The van der Waals surface area contributed by atoms with Crippen LogP contribution >= 0.6 is 0 Å². The standard InChI is InChI=1S/C24H22FN5O5/c1-15-14-21(31)22(27-29(15)19-4-2-3-5-20(19)30(34)35)24(33)28-12-10-18(11-13-28)26-23(32)16-6-8-17(25)9-7-16/h2-9,14,18H,10-13H2,1H3,(H,26,32). The van der Waals surface area contributed by atoms with Gasteiger partial charge in [0.25, 0.3) is 17.5 Å². The van der Waals surface area contributed by atoms with Crippen molar-refractivity contribution in [3.8, 4) is 5.69 Å². The van der Waals surface area contributed by atoms with Crippen LogP contribution in [0.4, 0.5) is 10.1 Å². The zero-order chi connectivity index (χ0) is 25.1. The number of halogens is 1. The van der Waals surface area contributed by atoms with Crippen LogP contribution in [0.2, 0.25) is 0 Å². The molecule has 0 bridgehead atoms. The molecular formula is C24H22FN5O5. The van der Waals surface area contributed by atoms with Gasteiger partial charge >= 0.3 is 0 Å². The third-order valence-corrected chi connectivity index (χ3v) is 5.84. The van der Waals surface area contributed by atoms with Gasteiger partial charge in [0.05, 0.1) is 4.92 Å². The summed E-state index contributed by atoms with van der Waals surface area (Å²) in [5, 5.41) is 18.5. The number of likely N-dealkylation sites (tertiary alicyclic amines) is 1. The van der Waals surface area contributed by atoms with Gasteiger partial charge < -0.3 is 10.2 Å². The number of nitro benzene ring substituents is 1. The molecule has 0 aliphatic carbocycles. The number of para-hydroxylation sites is 2. The van der Waals surface area contributed by atoms with E-state index in [0.717, 1.165) is 0 Å². The van der Waals surface area contributed by atoms with E-state index in [1.54, 1.807) is 13.0 Å². The molecule has 10 nitrogen and oxygen atoms in total. The first-order valence-corrected chi connectivity index (χ1v) is 10.9. The molecule has 4 rings (SSSR count). The van der Waals surface area contributed by atoms with Crippen LogP contribution in [0.3, 0.4) is 0 Å². The molecule has 0 spiro atoms. The van der Waals surface area contributed by atoms with Crippen molar-refractivity contribution in [3.05, 3.63) is 97.7 Å². The molecule has 0 atom stereocenters. The molecule has 0 saturated carbocycles. The van der Waals surface area contributed by atoms with Gasteiger partial charge in [-0.05, 0) is 50.1 Å². The zero-order valence-corrected chi connectivity index (χ0v) is 18.8. The topological polar surface area (TPSA) is 127 Å². The molecular weight excluding hydrogens is 457 g/mol. The Hall–Kier alpha value is -4.41. The highest BCUT2D eigenvalue weighted by Gasteiger charge is 2.28. The SMILES string of the molecule is Cc1cc(=O)c(C(=O)N2CCC(NC(=O)c3ccc(F)cc3)CC2)nn1-c1ccccc1[N+](=O)[O-]. The average Bonchev–Trinajstić information content (AvgIpc) is 2.84. The van der Waals surface area contributed by atoms with E-state index in [-0.39, 0.29) is 42.1 Å². The highest BCUT2D eigenvalue weighted by molar-refractivity contribution is 5.94. The maximum absolute atomic E-state index is 13.1. The number of benzene rings is 2. The van der Waals surface area contributed by atoms with Crippen molar-refractivity contribution in [2.45, 2.75) is 25.8 Å². The molecule has 11 heteroatoms. The Labute approximate surface area is 199 Å². The van der Waals surface area contributed by atoms with Gasteiger partial charge in [-0.15, -0.1) is 0 Å². The number of hydrogen-bond donors (Lipinski definition) is 1. The molecule has 0 radical (unpaired) electrons. The molecule has 35 heavy (non-hydrogen) atoms. The molecule has 3 aromatic rings. The fourth-order valence-electron chi connectivity index (χ4n) is 3.98. The van der Waals surface area contributed by atoms with Crippen LogP contribution in [0.25, 0.3) is 5.69 Å². The van der Waals surface area contributed by atoms with E-state index in [1.807, 2.05) is 0 Å². The molecule has 1 saturated heterocycles. The summed E-state index contributed by atoms with van der Waals surface area (Å²) >= 11 is 0. The number of aromatic nitrogens is 2. The van der Waals surface area contributed by atoms with Crippen molar-refractivity contribution >= 4 is 17.5 Å². The minimum absolute atomic E-state index is 0.145. The minimum Gasteiger partial charge on any atom is -0.349 e. The predicted octanol–water partition coefficient (Wildman–Crippen LogP) is 2.62. The minimum atomic E-state index is -0.578. The molecule has 1 aliphatic rings. The Morgan fingerprint density at radius 1 is 1.11 bits per heavy atom. The average molecular weight is 479 g/mol. The Kier molecular flexibility index (Phi) is 6.67. The molecule has 0 unspecified atom stereocenters. The molecule has 1 N–H and O–H groups in total. The quantitative estimate of drug-likeness (QED) is 0.443. The van der Waals surface area contributed by atoms with Gasteiger partial charge in [-0.2, -0.15) is 5.10 Å². The molecule has 2 heterocycles. The number of nitro groups is 1. The summed E-state index contributed by atoms with van der Waals surface area (Å²) in [5.74, 6) is -1.34. The summed E-state index contributed by atoms with van der Waals surface area (Å²) in [6, 6.07) is 12.2. The van der Waals surface area contributed by atoms with Crippen LogP contribution in [0.15, 0.2) is 59.4 Å². The van der Waals surface area contributed by atoms with E-state index in [4.69, 9.17) is 0 Å². The third kappa shape index (κ3) is 5.08. The van der Waals surface area contributed by atoms with Gasteiger partial charge in [0.2, 0.25) is 5.43 Å². The van der Waals surface area contributed by atoms with E-state index in [9.17, 15) is 28.9 Å². The second-order valence-electron chi connectivity index (χ2n) is 8.20. The van der Waals surface area contributed by atoms with Gasteiger partial charge in [-0.3, -0.25) is 24.5 Å². The predicted molar refractivity (Wildman–Crippen MR) is 124 cm³/mol. The van der Waals surface area contributed by atoms with Crippen LogP contribution in [0.5, 0.6) is 0 Å². The number of amides is 2. The van der Waals surface area contributed by atoms with Gasteiger partial charge in [0.15, 0.2) is 5.69 Å². The lowest BCUT2D eigenvalue weighted by molar-refractivity contribution is -0.384. The van der Waals surface area contributed by atoms with Crippen molar-refractivity contribution < 1.29 is 18.9 Å². The molecule has 1 aliphatic heterocycles. The van der Waals surface area contributed by atoms with Crippen LogP contribution in [-0.2, 0) is 0 Å². The summed E-state index contributed by atoms with van der Waals surface area (Å²) in [6.45, 7) is 2.15. The first-order valence-electron chi connectivity index (χ1n) is 10.9. The summed E-state index contributed by atoms with van der Waals surface area (Å²) in [4.78, 5) is 50.4. The Morgan fingerprint density at radius 2 is 1.77 bits per heavy atom. The lowest BCUT2D eigenvalue weighted by Crippen LogP contribution is -2.47. The van der Waals surface area contributed by atoms with Gasteiger partial charge in [0, 0.05) is 42.5 Å². The normalized spacial score (nSPS) is 13.9. The number of nitrogens with zero attached hydrogens (tertiary/aromatic N) is 4. The van der Waals surface area contributed by atoms with Crippen molar-refractivity contribution in [2.24, 2.45) is 0 Å². The van der Waals surface area contributed by atoms with E-state index in [0.29, 0.717) is 24.1 Å². The zero-order valence-electron chi connectivity index (χ0n) is 18.8. The fourth-order valence-corrected chi connectivity index (χ4v) is 3.98. The van der Waals surface area contributed by atoms with E-state index < -0.39 is 22.1 Å². The maximum Gasteiger partial charge on any atom is 0.294 e. The van der Waals surface area contributed by atoms with Crippen LogP contribution in [0.1, 0.15) is 39.4 Å². The van der Waals surface area contributed by atoms with Gasteiger partial charge in [-0.25, -0.2) is 9.07 Å². The number of nitrogens with one attached hydrogen (secondary N) is 1. The van der Waals surface area contributed by atoms with Crippen molar-refractivity contribution in [1.82, 2.24) is 20.0 Å². The molecule has 180 valence electrons. The monoisotopic (exact) mass is 479 g/mol. The second kappa shape index (κ2) is 9.84. The number of piperidine rings is 1. The smallest absolute Gasteiger partial charge is 0.294 e. The Balaban J connectivity index is 1.48. The lowest BCUT2D eigenvalue weighted by atomic mass is 10.0. The van der Waals surface area contributed by atoms with Gasteiger partial charge in [0.1, 0.15) is 11.5 Å². The van der Waals surface area contributed by atoms with E-state index in [2.05, 4.69) is 10.4 Å². The summed E-state index contributed by atoms with van der Waals surface area (Å²) in [5.41, 5.74) is -0.280. The van der Waals surface area contributed by atoms with Crippen molar-refractivity contribution in [1.29, 1.82) is 0 Å². The van der Waals surface area contributed by atoms with Crippen molar-refractivity contribution in [2.75, 3.05) is 13.1 Å². The fraction of sp³-hybridized carbons (Fsp3) is 0.250. The summed E-state index contributed by atoms with van der Waals surface area (Å²) < 4.78 is 14.3. The van der Waals surface area contributed by atoms with Crippen LogP contribution in [0, 0.1) is 22.9 Å². The third-order valence-electron chi connectivity index (χ3n) is 5.84. The largest absolute Gasteiger partial charge is 0.349 e. The molecule has 2 amide bonds. The summed E-state index contributed by atoms with van der Waals surface area (Å²) in [6.07, 6.45) is 0.922. The number of carbonyl (C=O) groups is 2. The number of hydrogen-bond acceptors (Lipinski definition) is 6. The highest BCUT2D eigenvalue weighted by Crippen LogP contribution is 2.22. The Bertz CT molecular complexity index is 1350. The Morgan fingerprint density at radius 3 is 2.43 bits per heavy atom. The number of carbonyl (C=O) groups excluding carboxylic acids is 2. The molecule has 1 aromatic heterocycles. The van der Waals surface area contributed by atoms with E-state index in [1.165, 1.54) is 58.1 Å². The lowest BCUT2D eigenvalue weighted by Gasteiger charge is -2.32.